The highest BCUT2D eigenvalue weighted by atomic mass is 35.5. The topological polar surface area (TPSA) is 45.2 Å². The molecule has 0 aliphatic heterocycles. The lowest BCUT2D eigenvalue weighted by atomic mass is 10.2. The maximum absolute atomic E-state index is 9.69. The first kappa shape index (κ1) is 14.0. The Labute approximate surface area is 132 Å². The van der Waals surface area contributed by atoms with Gasteiger partial charge in [-0.2, -0.15) is 0 Å². The van der Waals surface area contributed by atoms with Crippen LogP contribution in [0.25, 0.3) is 10.9 Å². The summed E-state index contributed by atoms with van der Waals surface area (Å²) >= 11 is 7.52. The van der Waals surface area contributed by atoms with Gasteiger partial charge in [0.1, 0.15) is 5.75 Å². The summed E-state index contributed by atoms with van der Waals surface area (Å²) in [4.78, 5) is 5.55. The van der Waals surface area contributed by atoms with Crippen LogP contribution >= 0.6 is 23.4 Å². The quantitative estimate of drug-likeness (QED) is 0.663. The summed E-state index contributed by atoms with van der Waals surface area (Å²) in [5.41, 5.74) is 2.65. The molecular weight excluding hydrogens is 304 g/mol. The van der Waals surface area contributed by atoms with Crippen molar-refractivity contribution in [1.29, 1.82) is 0 Å². The van der Waals surface area contributed by atoms with Crippen molar-refractivity contribution >= 4 is 45.6 Å². The van der Waals surface area contributed by atoms with Crippen LogP contribution in [0.3, 0.4) is 0 Å². The Balaban J connectivity index is 2.05. The molecule has 0 bridgehead atoms. The van der Waals surface area contributed by atoms with Gasteiger partial charge in [-0.25, -0.2) is 0 Å². The largest absolute Gasteiger partial charge is 0.506 e. The second kappa shape index (κ2) is 5.84. The van der Waals surface area contributed by atoms with Crippen molar-refractivity contribution in [3.05, 3.63) is 53.7 Å². The molecule has 3 rings (SSSR count). The molecule has 0 aliphatic rings. The Kier molecular flexibility index (Phi) is 3.90. The Bertz CT molecular complexity index is 807. The van der Waals surface area contributed by atoms with Crippen LogP contribution in [0.5, 0.6) is 5.75 Å². The van der Waals surface area contributed by atoms with E-state index < -0.39 is 0 Å². The summed E-state index contributed by atoms with van der Waals surface area (Å²) in [6, 6.07) is 13.2. The molecule has 106 valence electrons. The fourth-order valence-corrected chi connectivity index (χ4v) is 2.66. The first-order valence-corrected chi connectivity index (χ1v) is 7.96. The molecule has 0 fully saturated rings. The van der Waals surface area contributed by atoms with Crippen molar-refractivity contribution in [2.24, 2.45) is 0 Å². The monoisotopic (exact) mass is 316 g/mol. The smallest absolute Gasteiger partial charge is 0.136 e. The molecule has 0 aliphatic carbocycles. The highest BCUT2D eigenvalue weighted by Gasteiger charge is 2.05. The van der Waals surface area contributed by atoms with E-state index >= 15 is 0 Å². The zero-order chi connectivity index (χ0) is 14.8. The maximum atomic E-state index is 9.69. The minimum atomic E-state index is 0.0600. The molecule has 3 aromatic rings. The molecule has 0 unspecified atom stereocenters. The van der Waals surface area contributed by atoms with Crippen LogP contribution < -0.4 is 5.32 Å². The molecule has 1 aromatic heterocycles. The van der Waals surface area contributed by atoms with Gasteiger partial charge in [-0.05, 0) is 42.7 Å². The predicted molar refractivity (Wildman–Crippen MR) is 89.9 cm³/mol. The fourth-order valence-electron chi connectivity index (χ4n) is 2.11. The zero-order valence-corrected chi connectivity index (χ0v) is 12.9. The predicted octanol–water partition coefficient (Wildman–Crippen LogP) is 5.06. The van der Waals surface area contributed by atoms with Crippen LogP contribution in [0.15, 0.2) is 53.6 Å². The molecule has 0 amide bonds. The first-order chi connectivity index (χ1) is 10.2. The summed E-state index contributed by atoms with van der Waals surface area (Å²) in [6.45, 7) is 0. The molecule has 3 nitrogen and oxygen atoms in total. The van der Waals surface area contributed by atoms with Gasteiger partial charge in [-0.3, -0.25) is 4.98 Å². The molecule has 0 atom stereocenters. The minimum Gasteiger partial charge on any atom is -0.506 e. The highest BCUT2D eigenvalue weighted by molar-refractivity contribution is 7.98. The molecule has 0 saturated carbocycles. The number of phenols is 1. The van der Waals surface area contributed by atoms with E-state index in [0.717, 1.165) is 22.3 Å². The van der Waals surface area contributed by atoms with Gasteiger partial charge in [0.05, 0.1) is 10.5 Å². The van der Waals surface area contributed by atoms with Gasteiger partial charge in [0.2, 0.25) is 0 Å². The SMILES string of the molecule is CSc1ccc2nccc(Nc3ccc(Cl)c(O)c3)c2c1. The van der Waals surface area contributed by atoms with Crippen LogP contribution in [0.4, 0.5) is 11.4 Å². The summed E-state index contributed by atoms with van der Waals surface area (Å²) in [7, 11) is 0. The molecular formula is C16H13ClN2OS. The standard InChI is InChI=1S/C16H13ClN2OS/c1-21-11-3-5-14-12(9-11)15(6-7-18-14)19-10-2-4-13(17)16(20)8-10/h2-9,20H,1H3,(H,18,19). The molecule has 5 heteroatoms. The lowest BCUT2D eigenvalue weighted by molar-refractivity contribution is 0.476. The van der Waals surface area contributed by atoms with Crippen molar-refractivity contribution in [2.45, 2.75) is 4.90 Å². The van der Waals surface area contributed by atoms with Crippen molar-refractivity contribution in [1.82, 2.24) is 4.98 Å². The molecule has 0 spiro atoms. The summed E-state index contributed by atoms with van der Waals surface area (Å²) in [5, 5.41) is 14.4. The van der Waals surface area contributed by atoms with Gasteiger partial charge >= 0.3 is 0 Å². The summed E-state index contributed by atoms with van der Waals surface area (Å²) < 4.78 is 0. The van der Waals surface area contributed by atoms with Crippen LogP contribution in [0.1, 0.15) is 0 Å². The van der Waals surface area contributed by atoms with E-state index in [-0.39, 0.29) is 5.75 Å². The maximum Gasteiger partial charge on any atom is 0.136 e. The van der Waals surface area contributed by atoms with Crippen molar-refractivity contribution in [3.8, 4) is 5.75 Å². The average molecular weight is 317 g/mol. The van der Waals surface area contributed by atoms with Crippen molar-refractivity contribution < 1.29 is 5.11 Å². The molecule has 2 aromatic carbocycles. The van der Waals surface area contributed by atoms with E-state index in [2.05, 4.69) is 22.4 Å². The van der Waals surface area contributed by atoms with Crippen LogP contribution in [0.2, 0.25) is 5.02 Å². The molecule has 1 heterocycles. The summed E-state index contributed by atoms with van der Waals surface area (Å²) in [5.74, 6) is 0.0600. The molecule has 21 heavy (non-hydrogen) atoms. The van der Waals surface area contributed by atoms with Crippen LogP contribution in [-0.4, -0.2) is 16.3 Å². The number of aromatic hydroxyl groups is 1. The fraction of sp³-hybridized carbons (Fsp3) is 0.0625. The van der Waals surface area contributed by atoms with E-state index in [9.17, 15) is 5.11 Å². The summed E-state index contributed by atoms with van der Waals surface area (Å²) in [6.07, 6.45) is 3.81. The Morgan fingerprint density at radius 1 is 1.14 bits per heavy atom. The number of phenolic OH excluding ortho intramolecular Hbond substituents is 1. The number of hydrogen-bond acceptors (Lipinski definition) is 4. The Morgan fingerprint density at radius 3 is 2.76 bits per heavy atom. The average Bonchev–Trinajstić information content (AvgIpc) is 2.51. The molecule has 0 saturated heterocycles. The van der Waals surface area contributed by atoms with Gasteiger partial charge in [-0.15, -0.1) is 11.8 Å². The van der Waals surface area contributed by atoms with Crippen molar-refractivity contribution in [3.63, 3.8) is 0 Å². The highest BCUT2D eigenvalue weighted by Crippen LogP contribution is 2.31. The van der Waals surface area contributed by atoms with Gasteiger partial charge < -0.3 is 10.4 Å². The third kappa shape index (κ3) is 2.91. The second-order valence-electron chi connectivity index (χ2n) is 4.53. The number of nitrogens with zero attached hydrogens (tertiary/aromatic N) is 1. The van der Waals surface area contributed by atoms with Gasteiger partial charge in [0.15, 0.2) is 0 Å². The molecule has 2 N–H and O–H groups in total. The zero-order valence-electron chi connectivity index (χ0n) is 11.3. The number of aromatic nitrogens is 1. The number of thioether (sulfide) groups is 1. The van der Waals surface area contributed by atoms with Gasteiger partial charge in [0, 0.05) is 33.9 Å². The number of benzene rings is 2. The normalized spacial score (nSPS) is 10.8. The third-order valence-corrected chi connectivity index (χ3v) is 4.22. The first-order valence-electron chi connectivity index (χ1n) is 6.35. The minimum absolute atomic E-state index is 0.0600. The number of pyridine rings is 1. The van der Waals surface area contributed by atoms with E-state index in [4.69, 9.17) is 11.6 Å². The Morgan fingerprint density at radius 2 is 2.00 bits per heavy atom. The van der Waals surface area contributed by atoms with Crippen molar-refractivity contribution in [2.75, 3.05) is 11.6 Å². The third-order valence-electron chi connectivity index (χ3n) is 3.17. The number of fused-ring (bicyclic) bond motifs is 1. The lowest BCUT2D eigenvalue weighted by Gasteiger charge is -2.11. The van der Waals surface area contributed by atoms with E-state index in [1.165, 1.54) is 4.90 Å². The molecule has 0 radical (unpaired) electrons. The lowest BCUT2D eigenvalue weighted by Crippen LogP contribution is -1.92. The number of rotatable bonds is 3. The van der Waals surface area contributed by atoms with Gasteiger partial charge in [0.25, 0.3) is 0 Å². The Hall–Kier alpha value is -1.91. The van der Waals surface area contributed by atoms with E-state index in [0.29, 0.717) is 5.02 Å². The van der Waals surface area contributed by atoms with E-state index in [1.807, 2.05) is 24.5 Å². The number of nitrogens with one attached hydrogen (secondary N) is 1. The van der Waals surface area contributed by atoms with Gasteiger partial charge in [-0.1, -0.05) is 11.6 Å². The van der Waals surface area contributed by atoms with E-state index in [1.54, 1.807) is 30.1 Å². The van der Waals surface area contributed by atoms with Crippen LogP contribution in [-0.2, 0) is 0 Å². The number of hydrogen-bond donors (Lipinski definition) is 2. The number of anilines is 2. The second-order valence-corrected chi connectivity index (χ2v) is 5.82. The van der Waals surface area contributed by atoms with Crippen LogP contribution in [0, 0.1) is 0 Å². The number of halogens is 1.